The average molecular weight is 312 g/mol. The van der Waals surface area contributed by atoms with E-state index in [2.05, 4.69) is 22.0 Å². The Hall–Kier alpha value is -0.870. The highest BCUT2D eigenvalue weighted by Gasteiger charge is 2.28. The summed E-state index contributed by atoms with van der Waals surface area (Å²) in [5, 5.41) is 0. The lowest BCUT2D eigenvalue weighted by Crippen LogP contribution is -2.45. The highest BCUT2D eigenvalue weighted by atomic mass is 79.9. The molecule has 1 aromatic rings. The van der Waals surface area contributed by atoms with Crippen LogP contribution in [0.5, 0.6) is 5.75 Å². The van der Waals surface area contributed by atoms with E-state index in [-0.39, 0.29) is 5.78 Å². The maximum absolute atomic E-state index is 12.2. The Morgan fingerprint density at radius 2 is 2.28 bits per heavy atom. The Balaban J connectivity index is 2.28. The van der Waals surface area contributed by atoms with E-state index in [9.17, 15) is 4.79 Å². The van der Waals surface area contributed by atoms with Crippen molar-refractivity contribution in [1.29, 1.82) is 0 Å². The molecule has 1 heterocycles. The zero-order chi connectivity index (χ0) is 13.3. The fourth-order valence-electron chi connectivity index (χ4n) is 2.05. The number of hydrogen-bond acceptors (Lipinski definition) is 3. The second-order valence-corrected chi connectivity index (χ2v) is 5.94. The predicted octanol–water partition coefficient (Wildman–Crippen LogP) is 2.62. The Morgan fingerprint density at radius 3 is 2.94 bits per heavy atom. The van der Waals surface area contributed by atoms with Gasteiger partial charge in [0, 0.05) is 22.9 Å². The van der Waals surface area contributed by atoms with Crippen molar-refractivity contribution >= 4 is 21.7 Å². The van der Waals surface area contributed by atoms with Crippen molar-refractivity contribution in [2.24, 2.45) is 5.73 Å². The van der Waals surface area contributed by atoms with Gasteiger partial charge in [-0.2, -0.15) is 0 Å². The van der Waals surface area contributed by atoms with Crippen LogP contribution in [0.2, 0.25) is 0 Å². The van der Waals surface area contributed by atoms with Gasteiger partial charge >= 0.3 is 0 Å². The van der Waals surface area contributed by atoms with Crippen LogP contribution in [0.3, 0.4) is 0 Å². The molecular formula is C14H18BrNO2. The van der Waals surface area contributed by atoms with Crippen molar-refractivity contribution in [3.63, 3.8) is 0 Å². The molecule has 0 saturated heterocycles. The number of carbonyl (C=O) groups excluding carboxylic acids is 1. The van der Waals surface area contributed by atoms with Gasteiger partial charge < -0.3 is 10.5 Å². The van der Waals surface area contributed by atoms with Gasteiger partial charge in [-0.3, -0.25) is 4.79 Å². The Morgan fingerprint density at radius 1 is 1.56 bits per heavy atom. The summed E-state index contributed by atoms with van der Waals surface area (Å²) in [6.45, 7) is 4.41. The van der Waals surface area contributed by atoms with Crippen LogP contribution in [0.25, 0.3) is 0 Å². The van der Waals surface area contributed by atoms with Crippen molar-refractivity contribution in [3.05, 3.63) is 27.7 Å². The van der Waals surface area contributed by atoms with Gasteiger partial charge in [-0.1, -0.05) is 22.9 Å². The third kappa shape index (κ3) is 2.59. The summed E-state index contributed by atoms with van der Waals surface area (Å²) in [6.07, 6.45) is 1.88. The molecule has 0 aliphatic carbocycles. The number of Topliss-reactive ketones (excluding diaryl/α,β-unsaturated/α-hetero) is 1. The van der Waals surface area contributed by atoms with Gasteiger partial charge in [0.25, 0.3) is 0 Å². The third-order valence-corrected chi connectivity index (χ3v) is 4.01. The molecule has 1 aliphatic heterocycles. The molecule has 4 heteroatoms. The number of halogens is 1. The first-order valence-corrected chi connectivity index (χ1v) is 6.99. The van der Waals surface area contributed by atoms with E-state index in [0.29, 0.717) is 19.4 Å². The van der Waals surface area contributed by atoms with Crippen LogP contribution in [0.4, 0.5) is 0 Å². The lowest BCUT2D eigenvalue weighted by molar-refractivity contribution is -0.123. The molecule has 3 nitrogen and oxygen atoms in total. The van der Waals surface area contributed by atoms with E-state index in [1.54, 1.807) is 6.92 Å². The molecular weight excluding hydrogens is 294 g/mol. The summed E-state index contributed by atoms with van der Waals surface area (Å²) in [7, 11) is 0. The summed E-state index contributed by atoms with van der Waals surface area (Å²) in [4.78, 5) is 12.2. The molecule has 0 amide bonds. The average Bonchev–Trinajstić information content (AvgIpc) is 2.76. The van der Waals surface area contributed by atoms with E-state index in [0.717, 1.165) is 22.2 Å². The SMILES string of the molecule is CCC(C)(N)C(=O)Cc1cc(Br)cc2c1OCC2. The molecule has 98 valence electrons. The van der Waals surface area contributed by atoms with Gasteiger partial charge in [-0.05, 0) is 31.0 Å². The van der Waals surface area contributed by atoms with Crippen molar-refractivity contribution in [1.82, 2.24) is 0 Å². The van der Waals surface area contributed by atoms with Crippen LogP contribution in [-0.2, 0) is 17.6 Å². The molecule has 2 N–H and O–H groups in total. The number of hydrogen-bond donors (Lipinski definition) is 1. The Kier molecular flexibility index (Phi) is 3.78. The van der Waals surface area contributed by atoms with Crippen molar-refractivity contribution < 1.29 is 9.53 Å². The number of nitrogens with two attached hydrogens (primary N) is 1. The highest BCUT2D eigenvalue weighted by molar-refractivity contribution is 9.10. The first-order chi connectivity index (χ1) is 8.44. The molecule has 0 bridgehead atoms. The maximum Gasteiger partial charge on any atom is 0.156 e. The van der Waals surface area contributed by atoms with Gasteiger partial charge in [0.2, 0.25) is 0 Å². The number of carbonyl (C=O) groups is 1. The quantitative estimate of drug-likeness (QED) is 0.930. The lowest BCUT2D eigenvalue weighted by Gasteiger charge is -2.21. The zero-order valence-corrected chi connectivity index (χ0v) is 12.3. The molecule has 1 unspecified atom stereocenters. The number of ether oxygens (including phenoxy) is 1. The number of ketones is 1. The molecule has 2 rings (SSSR count). The second kappa shape index (κ2) is 5.02. The maximum atomic E-state index is 12.2. The normalized spacial score (nSPS) is 16.9. The monoisotopic (exact) mass is 311 g/mol. The number of benzene rings is 1. The van der Waals surface area contributed by atoms with Crippen LogP contribution in [0, 0.1) is 0 Å². The van der Waals surface area contributed by atoms with E-state index in [4.69, 9.17) is 10.5 Å². The molecule has 0 fully saturated rings. The largest absolute Gasteiger partial charge is 0.493 e. The van der Waals surface area contributed by atoms with Crippen LogP contribution in [0.1, 0.15) is 31.4 Å². The van der Waals surface area contributed by atoms with Gasteiger partial charge in [0.1, 0.15) is 5.75 Å². The van der Waals surface area contributed by atoms with Crippen LogP contribution < -0.4 is 10.5 Å². The highest BCUT2D eigenvalue weighted by Crippen LogP contribution is 2.33. The van der Waals surface area contributed by atoms with E-state index < -0.39 is 5.54 Å². The summed E-state index contributed by atoms with van der Waals surface area (Å²) in [5.74, 6) is 0.930. The van der Waals surface area contributed by atoms with Gasteiger partial charge in [-0.15, -0.1) is 0 Å². The van der Waals surface area contributed by atoms with Gasteiger partial charge in [0.05, 0.1) is 12.1 Å². The van der Waals surface area contributed by atoms with E-state index >= 15 is 0 Å². The lowest BCUT2D eigenvalue weighted by atomic mass is 9.89. The smallest absolute Gasteiger partial charge is 0.156 e. The minimum Gasteiger partial charge on any atom is -0.493 e. The van der Waals surface area contributed by atoms with E-state index in [1.165, 1.54) is 5.56 Å². The van der Waals surface area contributed by atoms with Crippen LogP contribution >= 0.6 is 15.9 Å². The molecule has 1 aliphatic rings. The third-order valence-electron chi connectivity index (χ3n) is 3.55. The number of fused-ring (bicyclic) bond motifs is 1. The first kappa shape index (κ1) is 13.6. The summed E-state index contributed by atoms with van der Waals surface area (Å²) in [6, 6.07) is 4.01. The molecule has 0 radical (unpaired) electrons. The van der Waals surface area contributed by atoms with Gasteiger partial charge in [-0.25, -0.2) is 0 Å². The van der Waals surface area contributed by atoms with Gasteiger partial charge in [0.15, 0.2) is 5.78 Å². The Bertz CT molecular complexity index is 483. The molecule has 1 aromatic carbocycles. The fourth-order valence-corrected chi connectivity index (χ4v) is 2.60. The minimum atomic E-state index is -0.756. The van der Waals surface area contributed by atoms with Crippen molar-refractivity contribution in [3.8, 4) is 5.75 Å². The standard InChI is InChI=1S/C14H18BrNO2/c1-3-14(2,16)12(17)8-10-7-11(15)6-9-4-5-18-13(9)10/h6-7H,3-5,8,16H2,1-2H3. The number of rotatable bonds is 4. The molecule has 1 atom stereocenters. The minimum absolute atomic E-state index is 0.0563. The van der Waals surface area contributed by atoms with Crippen LogP contribution in [-0.4, -0.2) is 17.9 Å². The second-order valence-electron chi connectivity index (χ2n) is 5.02. The molecule has 0 spiro atoms. The molecule has 0 saturated carbocycles. The summed E-state index contributed by atoms with van der Waals surface area (Å²) in [5.41, 5.74) is 7.34. The summed E-state index contributed by atoms with van der Waals surface area (Å²) >= 11 is 3.48. The zero-order valence-electron chi connectivity index (χ0n) is 10.8. The topological polar surface area (TPSA) is 52.3 Å². The molecule has 0 aromatic heterocycles. The van der Waals surface area contributed by atoms with Crippen molar-refractivity contribution in [2.45, 2.75) is 38.6 Å². The Labute approximate surface area is 116 Å². The van der Waals surface area contributed by atoms with E-state index in [1.807, 2.05) is 13.0 Å². The predicted molar refractivity (Wildman–Crippen MR) is 74.9 cm³/mol. The van der Waals surface area contributed by atoms with Crippen molar-refractivity contribution in [2.75, 3.05) is 6.61 Å². The fraction of sp³-hybridized carbons (Fsp3) is 0.500. The first-order valence-electron chi connectivity index (χ1n) is 6.20. The summed E-state index contributed by atoms with van der Waals surface area (Å²) < 4.78 is 6.61. The molecule has 18 heavy (non-hydrogen) atoms. The van der Waals surface area contributed by atoms with Crippen LogP contribution in [0.15, 0.2) is 16.6 Å².